The number of hydrogen-bond donors (Lipinski definition) is 1. The summed E-state index contributed by atoms with van der Waals surface area (Å²) in [5.41, 5.74) is 0.0329. The highest BCUT2D eigenvalue weighted by atomic mass is 16.3. The Morgan fingerprint density at radius 3 is 2.53 bits per heavy atom. The molecule has 0 aromatic rings. The summed E-state index contributed by atoms with van der Waals surface area (Å²) < 4.78 is 0. The van der Waals surface area contributed by atoms with Crippen LogP contribution in [0.2, 0.25) is 0 Å². The highest BCUT2D eigenvalue weighted by molar-refractivity contribution is 6.41. The van der Waals surface area contributed by atoms with E-state index in [2.05, 4.69) is 25.8 Å². The number of ketones is 3. The first kappa shape index (κ1) is 22.4. The Labute approximate surface area is 191 Å². The quantitative estimate of drug-likeness (QED) is 0.716. The number of carbonyl (C=O) groups is 3. The topological polar surface area (TPSA) is 83.8 Å². The van der Waals surface area contributed by atoms with Crippen LogP contribution in [0, 0.1) is 52.3 Å². The van der Waals surface area contributed by atoms with Crippen LogP contribution in [-0.4, -0.2) is 40.8 Å². The van der Waals surface area contributed by atoms with E-state index < -0.39 is 5.41 Å². The Morgan fingerprint density at radius 2 is 1.84 bits per heavy atom. The molecule has 0 aromatic carbocycles. The molecule has 4 aliphatic carbocycles. The first-order valence-electron chi connectivity index (χ1n) is 12.9. The molecule has 5 aliphatic rings. The lowest BCUT2D eigenvalue weighted by Gasteiger charge is -2.59. The van der Waals surface area contributed by atoms with E-state index in [4.69, 9.17) is 0 Å². The van der Waals surface area contributed by atoms with Gasteiger partial charge in [-0.05, 0) is 73.5 Å². The molecule has 5 nitrogen and oxygen atoms in total. The van der Waals surface area contributed by atoms with Crippen molar-refractivity contribution >= 4 is 23.1 Å². The number of aliphatic hydroxyl groups is 1. The summed E-state index contributed by atoms with van der Waals surface area (Å²) in [5.74, 6) is 1.58. The van der Waals surface area contributed by atoms with Gasteiger partial charge in [0, 0.05) is 36.6 Å². The lowest BCUT2D eigenvalue weighted by Crippen LogP contribution is -2.60. The number of rotatable bonds is 3. The molecule has 0 saturated heterocycles. The lowest BCUT2D eigenvalue weighted by atomic mass is 9.43. The molecule has 0 radical (unpaired) electrons. The second-order valence-corrected chi connectivity index (χ2v) is 12.4. The number of hydrogen-bond acceptors (Lipinski definition) is 5. The molecule has 0 amide bonds. The van der Waals surface area contributed by atoms with Gasteiger partial charge in [-0.1, -0.05) is 27.7 Å². The fourth-order valence-electron chi connectivity index (χ4n) is 8.91. The predicted molar refractivity (Wildman–Crippen MR) is 122 cm³/mol. The summed E-state index contributed by atoms with van der Waals surface area (Å²) >= 11 is 0. The zero-order valence-corrected chi connectivity index (χ0v) is 20.1. The van der Waals surface area contributed by atoms with Crippen molar-refractivity contribution in [3.8, 4) is 0 Å². The minimum Gasteiger partial charge on any atom is -0.393 e. The van der Waals surface area contributed by atoms with Crippen LogP contribution < -0.4 is 0 Å². The molecule has 0 bridgehead atoms. The number of Topliss-reactive ketones (excluding diaryl/α,β-unsaturated/α-hetero) is 3. The number of carbonyl (C=O) groups excluding carboxylic acids is 3. The molecular formula is C27H39NO4. The molecule has 10 atom stereocenters. The summed E-state index contributed by atoms with van der Waals surface area (Å²) in [6.07, 6.45) is 5.39. The highest BCUT2D eigenvalue weighted by Crippen LogP contribution is 2.66. The van der Waals surface area contributed by atoms with E-state index in [-0.39, 0.29) is 52.8 Å². The lowest BCUT2D eigenvalue weighted by molar-refractivity contribution is -0.169. The average molecular weight is 442 g/mol. The maximum atomic E-state index is 13.8. The molecule has 4 saturated carbocycles. The van der Waals surface area contributed by atoms with Crippen LogP contribution in [0.4, 0.5) is 0 Å². The number of aliphatic hydroxyl groups excluding tert-OH is 1. The normalized spacial score (nSPS) is 49.2. The van der Waals surface area contributed by atoms with E-state index in [0.29, 0.717) is 36.7 Å². The van der Waals surface area contributed by atoms with Crippen molar-refractivity contribution in [3.63, 3.8) is 0 Å². The predicted octanol–water partition coefficient (Wildman–Crippen LogP) is 4.05. The molecule has 0 aromatic heterocycles. The Morgan fingerprint density at radius 1 is 1.09 bits per heavy atom. The summed E-state index contributed by atoms with van der Waals surface area (Å²) in [6, 6.07) is 0. The molecule has 5 heteroatoms. The first-order valence-corrected chi connectivity index (χ1v) is 12.9. The summed E-state index contributed by atoms with van der Waals surface area (Å²) in [4.78, 5) is 44.9. The third kappa shape index (κ3) is 3.05. The largest absolute Gasteiger partial charge is 0.393 e. The second kappa shape index (κ2) is 7.58. The van der Waals surface area contributed by atoms with Gasteiger partial charge >= 0.3 is 0 Å². The summed E-state index contributed by atoms with van der Waals surface area (Å²) in [5, 5.41) is 10.2. The molecule has 10 unspecified atom stereocenters. The van der Waals surface area contributed by atoms with Gasteiger partial charge in [0.05, 0.1) is 11.8 Å². The van der Waals surface area contributed by atoms with Crippen molar-refractivity contribution in [2.24, 2.45) is 57.2 Å². The van der Waals surface area contributed by atoms with E-state index in [1.807, 2.05) is 6.92 Å². The van der Waals surface area contributed by atoms with Gasteiger partial charge < -0.3 is 5.11 Å². The Kier molecular flexibility index (Phi) is 5.31. The van der Waals surface area contributed by atoms with Gasteiger partial charge in [-0.3, -0.25) is 19.4 Å². The van der Waals surface area contributed by atoms with Crippen molar-refractivity contribution in [3.05, 3.63) is 0 Å². The van der Waals surface area contributed by atoms with Crippen molar-refractivity contribution in [2.75, 3.05) is 6.54 Å². The van der Waals surface area contributed by atoms with Crippen molar-refractivity contribution < 1.29 is 19.5 Å². The van der Waals surface area contributed by atoms with Crippen LogP contribution in [0.25, 0.3) is 0 Å². The summed E-state index contributed by atoms with van der Waals surface area (Å²) in [6.45, 7) is 9.20. The fourth-order valence-corrected chi connectivity index (χ4v) is 8.91. The fraction of sp³-hybridized carbons (Fsp3) is 0.852. The molecular weight excluding hydrogens is 402 g/mol. The third-order valence-electron chi connectivity index (χ3n) is 10.8. The molecule has 176 valence electrons. The van der Waals surface area contributed by atoms with Gasteiger partial charge in [0.1, 0.15) is 11.6 Å². The minimum atomic E-state index is -0.515. The second-order valence-electron chi connectivity index (χ2n) is 12.4. The van der Waals surface area contributed by atoms with E-state index in [1.54, 1.807) is 0 Å². The van der Waals surface area contributed by atoms with Crippen LogP contribution in [0.15, 0.2) is 4.99 Å². The zero-order valence-electron chi connectivity index (χ0n) is 20.1. The molecule has 1 heterocycles. The Bertz CT molecular complexity index is 879. The van der Waals surface area contributed by atoms with Crippen LogP contribution in [0.5, 0.6) is 0 Å². The van der Waals surface area contributed by atoms with E-state index in [9.17, 15) is 19.5 Å². The molecule has 5 rings (SSSR count). The average Bonchev–Trinajstić information content (AvgIpc) is 3.34. The molecule has 0 spiro atoms. The number of fused-ring (bicyclic) bond motifs is 5. The number of nitrogens with zero attached hydrogens (tertiary/aromatic N) is 1. The van der Waals surface area contributed by atoms with Crippen LogP contribution in [0.3, 0.4) is 0 Å². The van der Waals surface area contributed by atoms with Gasteiger partial charge in [0.15, 0.2) is 5.78 Å². The van der Waals surface area contributed by atoms with Crippen molar-refractivity contribution in [2.45, 2.75) is 85.2 Å². The van der Waals surface area contributed by atoms with Gasteiger partial charge in [-0.2, -0.15) is 0 Å². The Hall–Kier alpha value is -1.36. The summed E-state index contributed by atoms with van der Waals surface area (Å²) in [7, 11) is 0. The van der Waals surface area contributed by atoms with Gasteiger partial charge in [-0.25, -0.2) is 0 Å². The van der Waals surface area contributed by atoms with E-state index in [1.165, 1.54) is 0 Å². The maximum absolute atomic E-state index is 13.8. The molecule has 4 fully saturated rings. The standard InChI is InChI=1S/C27H39NO4/c1-14-9-22(28-13-14)25(32)15(2)18-5-6-19-17-11-23(30)21-10-16(29)7-8-26(21,3)20(17)12-24(31)27(18,19)4/h14-21,29H,5-13H2,1-4H3. The van der Waals surface area contributed by atoms with Crippen molar-refractivity contribution in [1.82, 2.24) is 0 Å². The van der Waals surface area contributed by atoms with E-state index in [0.717, 1.165) is 44.4 Å². The van der Waals surface area contributed by atoms with Gasteiger partial charge in [0.25, 0.3) is 0 Å². The molecule has 32 heavy (non-hydrogen) atoms. The Balaban J connectivity index is 1.43. The maximum Gasteiger partial charge on any atom is 0.179 e. The van der Waals surface area contributed by atoms with Crippen molar-refractivity contribution in [1.29, 1.82) is 0 Å². The minimum absolute atomic E-state index is 0.0425. The highest BCUT2D eigenvalue weighted by Gasteiger charge is 2.66. The smallest absolute Gasteiger partial charge is 0.179 e. The first-order chi connectivity index (χ1) is 15.1. The van der Waals surface area contributed by atoms with Gasteiger partial charge in [0.2, 0.25) is 0 Å². The van der Waals surface area contributed by atoms with Crippen LogP contribution in [0.1, 0.15) is 79.1 Å². The number of aliphatic imine (C=N–C) groups is 1. The van der Waals surface area contributed by atoms with E-state index >= 15 is 0 Å². The SMILES string of the molecule is CC1CN=C(C(=O)C(C)C2CCC3C4CC(=O)C5CC(O)CCC5(C)C4CC(=O)C23C)C1. The van der Waals surface area contributed by atoms with Crippen LogP contribution >= 0.6 is 0 Å². The van der Waals surface area contributed by atoms with Crippen LogP contribution in [-0.2, 0) is 14.4 Å². The van der Waals surface area contributed by atoms with Gasteiger partial charge in [-0.15, -0.1) is 0 Å². The zero-order chi connectivity index (χ0) is 23.0. The third-order valence-corrected chi connectivity index (χ3v) is 10.8. The monoisotopic (exact) mass is 441 g/mol. The molecule has 1 N–H and O–H groups in total. The molecule has 1 aliphatic heterocycles.